The number of hydrogen-bond donors (Lipinski definition) is 4. The first kappa shape index (κ1) is 58.4. The van der Waals surface area contributed by atoms with Crippen molar-refractivity contribution in [3.63, 3.8) is 0 Å². The fourth-order valence-corrected chi connectivity index (χ4v) is 8.74. The van der Waals surface area contributed by atoms with Gasteiger partial charge in [0.2, 0.25) is 17.8 Å². The van der Waals surface area contributed by atoms with E-state index in [1.54, 1.807) is 99.4 Å². The number of benzene rings is 4. The summed E-state index contributed by atoms with van der Waals surface area (Å²) in [5.74, 6) is 1.43. The van der Waals surface area contributed by atoms with Gasteiger partial charge < -0.3 is 59.9 Å². The number of amides is 1. The van der Waals surface area contributed by atoms with Crippen molar-refractivity contribution in [2.45, 2.75) is 45.2 Å². The summed E-state index contributed by atoms with van der Waals surface area (Å²) in [6, 6.07) is 24.4. The molecule has 0 unspecified atom stereocenters. The highest BCUT2D eigenvalue weighted by molar-refractivity contribution is 5.98. The highest BCUT2D eigenvalue weighted by atomic mass is 19.4. The van der Waals surface area contributed by atoms with Gasteiger partial charge in [0.15, 0.2) is 0 Å². The van der Waals surface area contributed by atoms with Crippen molar-refractivity contribution >= 4 is 73.7 Å². The average Bonchev–Trinajstić information content (AvgIpc) is 4.15. The Morgan fingerprint density at radius 3 is 1.49 bits per heavy atom. The van der Waals surface area contributed by atoms with Crippen molar-refractivity contribution in [2.75, 3.05) is 114 Å². The number of nitrogens with zero attached hydrogens (tertiary/aromatic N) is 10. The van der Waals surface area contributed by atoms with Crippen LogP contribution in [0.3, 0.4) is 0 Å². The summed E-state index contributed by atoms with van der Waals surface area (Å²) in [5.41, 5.74) is 13.2. The summed E-state index contributed by atoms with van der Waals surface area (Å²) in [7, 11) is 15.0. The molecule has 4 aromatic heterocycles. The molecule has 4 heterocycles. The van der Waals surface area contributed by atoms with Crippen molar-refractivity contribution in [3.8, 4) is 34.0 Å². The largest absolute Gasteiger partial charge is 0.494 e. The minimum absolute atomic E-state index is 0.107. The maximum absolute atomic E-state index is 13.3. The lowest BCUT2D eigenvalue weighted by atomic mass is 10.1. The molecule has 8 aromatic rings. The van der Waals surface area contributed by atoms with Gasteiger partial charge in [-0.1, -0.05) is 43.3 Å². The van der Waals surface area contributed by atoms with E-state index < -0.39 is 25.4 Å². The van der Waals surface area contributed by atoms with Crippen LogP contribution in [-0.2, 0) is 17.9 Å². The van der Waals surface area contributed by atoms with Gasteiger partial charge in [-0.3, -0.25) is 4.79 Å². The molecule has 79 heavy (non-hydrogen) atoms. The van der Waals surface area contributed by atoms with E-state index in [2.05, 4.69) is 50.6 Å². The third-order valence-corrected chi connectivity index (χ3v) is 12.6. The van der Waals surface area contributed by atoms with Crippen LogP contribution in [0.2, 0.25) is 0 Å². The third kappa shape index (κ3) is 15.3. The summed E-state index contributed by atoms with van der Waals surface area (Å²) in [6.45, 7) is 2.90. The molecule has 0 saturated carbocycles. The Kier molecular flexibility index (Phi) is 18.8. The van der Waals surface area contributed by atoms with Gasteiger partial charge in [0.05, 0.1) is 59.7 Å². The molecule has 0 fully saturated rings. The second-order valence-corrected chi connectivity index (χ2v) is 19.3. The number of nitrogens with one attached hydrogen (secondary N) is 3. The van der Waals surface area contributed by atoms with E-state index in [1.807, 2.05) is 66.2 Å². The van der Waals surface area contributed by atoms with Crippen LogP contribution in [0.4, 0.5) is 72.4 Å². The number of hydrogen-bond acceptors (Lipinski definition) is 14. The minimum Gasteiger partial charge on any atom is -0.494 e. The smallest absolute Gasteiger partial charge is 0.406 e. The summed E-state index contributed by atoms with van der Waals surface area (Å²) in [5, 5.41) is 10.6. The monoisotopic (exact) mass is 1100 g/mol. The fraction of sp³-hybridized carbons (Fsp3) is 0.339. The first-order valence-corrected chi connectivity index (χ1v) is 25.3. The second kappa shape index (κ2) is 25.4. The van der Waals surface area contributed by atoms with Gasteiger partial charge in [-0.05, 0) is 71.0 Å². The molecule has 0 aliphatic heterocycles. The number of anilines is 8. The van der Waals surface area contributed by atoms with E-state index >= 15 is 0 Å². The van der Waals surface area contributed by atoms with Gasteiger partial charge in [-0.25, -0.2) is 19.9 Å². The minimum atomic E-state index is -4.37. The number of fused-ring (bicyclic) bond motifs is 2. The quantitative estimate of drug-likeness (QED) is 0.0396. The second-order valence-electron chi connectivity index (χ2n) is 19.3. The Labute approximate surface area is 455 Å². The van der Waals surface area contributed by atoms with Crippen LogP contribution in [0, 0.1) is 0 Å². The number of ether oxygens (including phenoxy) is 2. The van der Waals surface area contributed by atoms with Crippen LogP contribution in [-0.4, -0.2) is 140 Å². The van der Waals surface area contributed by atoms with Crippen LogP contribution in [0.15, 0.2) is 110 Å². The predicted octanol–water partition coefficient (Wildman–Crippen LogP) is 11.1. The van der Waals surface area contributed by atoms with E-state index in [0.29, 0.717) is 98.0 Å². The standard InChI is InChI=1S/C30H36F3N7O2.C26H30F3N7O/c1-6-9-28(41)35-23-16-24(27(42-5)17-26(23)39(4)15-14-38(2)3)37-29-34-13-12-22(36-29)21-18-40(19-30(31,32)33)25-11-8-7-10-20(21)25;1-34(2)11-12-35(3)23-14-24(37-4)21(13-19(23)30)33-25-31-10-9-20(32-25)18-15-36(16-26(27,28)29)22-8-6-5-7-17(18)22/h7-8,10-13,16-18H,6,9,14-15,19H2,1-5H3,(H,35,41)(H,34,36,37);5-10,13-15H,11-12,16,30H2,1-4H3,(H,31,32,33). The maximum Gasteiger partial charge on any atom is 0.406 e. The Morgan fingerprint density at radius 2 is 1.05 bits per heavy atom. The number of aromatic nitrogens is 6. The molecule has 0 spiro atoms. The summed E-state index contributed by atoms with van der Waals surface area (Å²) in [6.07, 6.45) is -1.60. The molecular weight excluding hydrogens is 1030 g/mol. The number of alkyl halides is 6. The number of carbonyl (C=O) groups is 1. The molecule has 4 aromatic carbocycles. The molecule has 23 heteroatoms. The van der Waals surface area contributed by atoms with Crippen LogP contribution in [0.1, 0.15) is 19.8 Å². The molecule has 420 valence electrons. The lowest BCUT2D eigenvalue weighted by Crippen LogP contribution is -2.29. The van der Waals surface area contributed by atoms with E-state index in [4.69, 9.17) is 15.2 Å². The Hall–Kier alpha value is -8.31. The van der Waals surface area contributed by atoms with Gasteiger partial charge in [-0.2, -0.15) is 26.3 Å². The van der Waals surface area contributed by atoms with Crippen LogP contribution >= 0.6 is 0 Å². The molecule has 0 aliphatic rings. The van der Waals surface area contributed by atoms with E-state index in [0.717, 1.165) is 31.0 Å². The lowest BCUT2D eigenvalue weighted by molar-refractivity contribution is -0.140. The molecule has 0 bridgehead atoms. The van der Waals surface area contributed by atoms with E-state index in [1.165, 1.54) is 21.5 Å². The van der Waals surface area contributed by atoms with Crippen LogP contribution in [0.5, 0.6) is 11.5 Å². The van der Waals surface area contributed by atoms with Gasteiger partial charge in [0, 0.05) is 117 Å². The normalized spacial score (nSPS) is 11.7. The van der Waals surface area contributed by atoms with Crippen molar-refractivity contribution in [1.82, 2.24) is 38.9 Å². The number of carbonyl (C=O) groups excluding carboxylic acids is 1. The molecule has 0 aliphatic carbocycles. The molecule has 5 N–H and O–H groups in total. The predicted molar refractivity (Wildman–Crippen MR) is 302 cm³/mol. The molecule has 1 amide bonds. The van der Waals surface area contributed by atoms with Crippen molar-refractivity contribution < 1.29 is 40.6 Å². The Morgan fingerprint density at radius 1 is 0.608 bits per heavy atom. The summed E-state index contributed by atoms with van der Waals surface area (Å²) in [4.78, 5) is 38.7. The number of methoxy groups -OCH3 is 2. The lowest BCUT2D eigenvalue weighted by Gasteiger charge is -2.26. The molecule has 17 nitrogen and oxygen atoms in total. The number of nitrogen functional groups attached to an aromatic ring is 1. The van der Waals surface area contributed by atoms with E-state index in [9.17, 15) is 31.1 Å². The molecule has 8 rings (SSSR count). The van der Waals surface area contributed by atoms with Crippen molar-refractivity contribution in [3.05, 3.63) is 110 Å². The van der Waals surface area contributed by atoms with Crippen LogP contribution in [0.25, 0.3) is 44.3 Å². The zero-order chi connectivity index (χ0) is 57.2. The molecule has 0 radical (unpaired) electrons. The zero-order valence-electron chi connectivity index (χ0n) is 45.6. The SMILES string of the molecule is CCCC(=O)Nc1cc(Nc2nccc(-c3cn(CC(F)(F)F)c4ccccc34)n2)c(OC)cc1N(C)CCN(C)C.COc1cc(N(C)CCN(C)C)c(N)cc1Nc1nccc(-c2cn(CC(F)(F)F)c3ccccc23)n1. The zero-order valence-corrected chi connectivity index (χ0v) is 45.6. The first-order chi connectivity index (χ1) is 37.5. The molecule has 0 atom stereocenters. The first-order valence-electron chi connectivity index (χ1n) is 25.3. The number of rotatable bonds is 21. The fourth-order valence-electron chi connectivity index (χ4n) is 8.74. The van der Waals surface area contributed by atoms with E-state index in [-0.39, 0.29) is 17.8 Å². The van der Waals surface area contributed by atoms with Gasteiger partial charge in [-0.15, -0.1) is 0 Å². The van der Waals surface area contributed by atoms with Crippen molar-refractivity contribution in [2.24, 2.45) is 0 Å². The number of para-hydroxylation sites is 2. The molecule has 0 saturated heterocycles. The van der Waals surface area contributed by atoms with Gasteiger partial charge in [0.25, 0.3) is 0 Å². The Bertz CT molecular complexity index is 3360. The highest BCUT2D eigenvalue weighted by Crippen LogP contribution is 2.40. The topological polar surface area (TPSA) is 172 Å². The number of nitrogens with two attached hydrogens (primary N) is 1. The number of likely N-dealkylation sites (N-methyl/N-ethyl adjacent to an activating group) is 4. The maximum atomic E-state index is 13.3. The number of halogens is 6. The summed E-state index contributed by atoms with van der Waals surface area (Å²) < 4.78 is 93.0. The highest BCUT2D eigenvalue weighted by Gasteiger charge is 2.30. The van der Waals surface area contributed by atoms with Crippen LogP contribution < -0.4 is 41.0 Å². The Balaban J connectivity index is 0.000000230. The van der Waals surface area contributed by atoms with Crippen molar-refractivity contribution in [1.29, 1.82) is 0 Å². The molecular formula is C56H66F6N14O3. The summed E-state index contributed by atoms with van der Waals surface area (Å²) >= 11 is 0. The third-order valence-electron chi connectivity index (χ3n) is 12.6. The van der Waals surface area contributed by atoms with Gasteiger partial charge >= 0.3 is 12.4 Å². The average molecular weight is 1100 g/mol. The van der Waals surface area contributed by atoms with Gasteiger partial charge in [0.1, 0.15) is 24.6 Å².